The van der Waals surface area contributed by atoms with Crippen LogP contribution >= 0.6 is 0 Å². The number of piperazine rings is 1. The smallest absolute Gasteiger partial charge is 0.227 e. The lowest BCUT2D eigenvalue weighted by molar-refractivity contribution is -0.130. The normalized spacial score (nSPS) is 14.5. The maximum Gasteiger partial charge on any atom is 0.227 e. The van der Waals surface area contributed by atoms with Gasteiger partial charge in [0.1, 0.15) is 5.75 Å². The first kappa shape index (κ1) is 17.3. The first-order valence-corrected chi connectivity index (χ1v) is 8.80. The molecule has 4 nitrogen and oxygen atoms in total. The van der Waals surface area contributed by atoms with Crippen molar-refractivity contribution >= 4 is 11.6 Å². The van der Waals surface area contributed by atoms with Crippen molar-refractivity contribution in [3.63, 3.8) is 0 Å². The Balaban J connectivity index is 1.62. The highest BCUT2D eigenvalue weighted by Crippen LogP contribution is 2.28. The molecule has 0 radical (unpaired) electrons. The van der Waals surface area contributed by atoms with Gasteiger partial charge in [-0.05, 0) is 37.1 Å². The van der Waals surface area contributed by atoms with Gasteiger partial charge in [-0.15, -0.1) is 0 Å². The molecule has 3 rings (SSSR count). The number of carbonyl (C=O) groups is 1. The number of para-hydroxylation sites is 2. The fourth-order valence-corrected chi connectivity index (χ4v) is 3.35. The van der Waals surface area contributed by atoms with Gasteiger partial charge in [0.2, 0.25) is 5.91 Å². The standard InChI is InChI=1S/C21H26N2O2/c1-16-8-9-17(2)18(14-16)15-21(24)23-12-10-22(11-13-23)19-6-4-5-7-20(19)25-3/h4-9,14H,10-13,15H2,1-3H3. The summed E-state index contributed by atoms with van der Waals surface area (Å²) in [6.07, 6.45) is 0.488. The molecule has 0 spiro atoms. The van der Waals surface area contributed by atoms with E-state index in [1.807, 2.05) is 23.1 Å². The maximum atomic E-state index is 12.7. The third kappa shape index (κ3) is 3.95. The first-order chi connectivity index (χ1) is 12.1. The quantitative estimate of drug-likeness (QED) is 0.858. The van der Waals surface area contributed by atoms with E-state index in [9.17, 15) is 4.79 Å². The van der Waals surface area contributed by atoms with Crippen LogP contribution in [0.3, 0.4) is 0 Å². The van der Waals surface area contributed by atoms with Gasteiger partial charge in [0.05, 0.1) is 19.2 Å². The summed E-state index contributed by atoms with van der Waals surface area (Å²) in [6, 6.07) is 14.4. The van der Waals surface area contributed by atoms with Crippen LogP contribution in [0, 0.1) is 13.8 Å². The van der Waals surface area contributed by atoms with Crippen molar-refractivity contribution < 1.29 is 9.53 Å². The van der Waals surface area contributed by atoms with Gasteiger partial charge in [0.15, 0.2) is 0 Å². The first-order valence-electron chi connectivity index (χ1n) is 8.80. The van der Waals surface area contributed by atoms with Crippen LogP contribution in [0.2, 0.25) is 0 Å². The number of rotatable bonds is 4. The predicted octanol–water partition coefficient (Wildman–Crippen LogP) is 3.20. The highest BCUT2D eigenvalue weighted by Gasteiger charge is 2.23. The number of anilines is 1. The predicted molar refractivity (Wildman–Crippen MR) is 101 cm³/mol. The van der Waals surface area contributed by atoms with Crippen LogP contribution in [0.25, 0.3) is 0 Å². The van der Waals surface area contributed by atoms with Crippen LogP contribution in [0.5, 0.6) is 5.75 Å². The van der Waals surface area contributed by atoms with Crippen LogP contribution in [0.1, 0.15) is 16.7 Å². The van der Waals surface area contributed by atoms with Crippen LogP contribution in [-0.2, 0) is 11.2 Å². The number of methoxy groups -OCH3 is 1. The Morgan fingerprint density at radius 2 is 1.76 bits per heavy atom. The maximum absolute atomic E-state index is 12.7. The molecule has 1 fully saturated rings. The molecule has 2 aromatic rings. The van der Waals surface area contributed by atoms with Crippen molar-refractivity contribution in [3.05, 3.63) is 59.2 Å². The molecule has 25 heavy (non-hydrogen) atoms. The molecule has 0 bridgehead atoms. The fourth-order valence-electron chi connectivity index (χ4n) is 3.35. The number of aryl methyl sites for hydroxylation is 2. The van der Waals surface area contributed by atoms with Gasteiger partial charge in [0, 0.05) is 26.2 Å². The molecule has 1 aliphatic rings. The molecule has 0 saturated carbocycles. The number of ether oxygens (including phenoxy) is 1. The summed E-state index contributed by atoms with van der Waals surface area (Å²) in [7, 11) is 1.70. The van der Waals surface area contributed by atoms with Gasteiger partial charge in [0.25, 0.3) is 0 Å². The minimum absolute atomic E-state index is 0.216. The van der Waals surface area contributed by atoms with E-state index in [0.717, 1.165) is 43.2 Å². The van der Waals surface area contributed by atoms with Gasteiger partial charge in [-0.3, -0.25) is 4.79 Å². The molecule has 0 N–H and O–H groups in total. The molecule has 2 aromatic carbocycles. The number of nitrogens with zero attached hydrogens (tertiary/aromatic N) is 2. The second-order valence-corrected chi connectivity index (χ2v) is 6.65. The van der Waals surface area contributed by atoms with E-state index in [1.54, 1.807) is 7.11 Å². The zero-order chi connectivity index (χ0) is 17.8. The average molecular weight is 338 g/mol. The van der Waals surface area contributed by atoms with E-state index in [-0.39, 0.29) is 5.91 Å². The lowest BCUT2D eigenvalue weighted by atomic mass is 10.0. The summed E-state index contributed by atoms with van der Waals surface area (Å²) in [5.41, 5.74) is 4.63. The van der Waals surface area contributed by atoms with E-state index in [4.69, 9.17) is 4.74 Å². The topological polar surface area (TPSA) is 32.8 Å². The van der Waals surface area contributed by atoms with Crippen LogP contribution in [-0.4, -0.2) is 44.1 Å². The summed E-state index contributed by atoms with van der Waals surface area (Å²) < 4.78 is 5.45. The van der Waals surface area contributed by atoms with Gasteiger partial charge < -0.3 is 14.5 Å². The second kappa shape index (κ2) is 7.60. The number of benzene rings is 2. The molecule has 0 unspecified atom stereocenters. The Labute approximate surface area is 150 Å². The summed E-state index contributed by atoms with van der Waals surface area (Å²) in [4.78, 5) is 17.0. The zero-order valence-corrected chi connectivity index (χ0v) is 15.3. The average Bonchev–Trinajstić information content (AvgIpc) is 2.64. The molecule has 4 heteroatoms. The zero-order valence-electron chi connectivity index (χ0n) is 15.3. The number of amides is 1. The monoisotopic (exact) mass is 338 g/mol. The van der Waals surface area contributed by atoms with E-state index >= 15 is 0 Å². The Morgan fingerprint density at radius 3 is 2.48 bits per heavy atom. The van der Waals surface area contributed by atoms with E-state index in [2.05, 4.69) is 43.0 Å². The molecular formula is C21H26N2O2. The van der Waals surface area contributed by atoms with Crippen molar-refractivity contribution in [2.45, 2.75) is 20.3 Å². The molecule has 132 valence electrons. The third-order valence-corrected chi connectivity index (χ3v) is 4.90. The largest absolute Gasteiger partial charge is 0.495 e. The van der Waals surface area contributed by atoms with Gasteiger partial charge in [-0.25, -0.2) is 0 Å². The highest BCUT2D eigenvalue weighted by atomic mass is 16.5. The number of carbonyl (C=O) groups excluding carboxylic acids is 1. The minimum Gasteiger partial charge on any atom is -0.495 e. The van der Waals surface area contributed by atoms with Crippen molar-refractivity contribution in [1.82, 2.24) is 4.90 Å². The van der Waals surface area contributed by atoms with Crippen molar-refractivity contribution in [3.8, 4) is 5.75 Å². The van der Waals surface area contributed by atoms with Crippen molar-refractivity contribution in [1.29, 1.82) is 0 Å². The summed E-state index contributed by atoms with van der Waals surface area (Å²) in [5.74, 6) is 1.10. The fraction of sp³-hybridized carbons (Fsp3) is 0.381. The molecule has 0 aromatic heterocycles. The molecule has 1 heterocycles. The number of hydrogen-bond acceptors (Lipinski definition) is 3. The lowest BCUT2D eigenvalue weighted by Gasteiger charge is -2.36. The van der Waals surface area contributed by atoms with Crippen molar-refractivity contribution in [2.24, 2.45) is 0 Å². The SMILES string of the molecule is COc1ccccc1N1CCN(C(=O)Cc2cc(C)ccc2C)CC1. The Morgan fingerprint density at radius 1 is 1.04 bits per heavy atom. The summed E-state index contributed by atoms with van der Waals surface area (Å²) >= 11 is 0. The van der Waals surface area contributed by atoms with Crippen molar-refractivity contribution in [2.75, 3.05) is 38.2 Å². The highest BCUT2D eigenvalue weighted by molar-refractivity contribution is 5.79. The minimum atomic E-state index is 0.216. The summed E-state index contributed by atoms with van der Waals surface area (Å²) in [6.45, 7) is 7.31. The Bertz CT molecular complexity index is 749. The van der Waals surface area contributed by atoms with Crippen LogP contribution in [0.4, 0.5) is 5.69 Å². The van der Waals surface area contributed by atoms with Gasteiger partial charge >= 0.3 is 0 Å². The third-order valence-electron chi connectivity index (χ3n) is 4.90. The van der Waals surface area contributed by atoms with E-state index in [1.165, 1.54) is 11.1 Å². The molecule has 1 saturated heterocycles. The molecule has 0 aliphatic carbocycles. The van der Waals surface area contributed by atoms with E-state index < -0.39 is 0 Å². The molecule has 1 aliphatic heterocycles. The Hall–Kier alpha value is -2.49. The van der Waals surface area contributed by atoms with Crippen LogP contribution in [0.15, 0.2) is 42.5 Å². The molecule has 0 atom stereocenters. The summed E-state index contributed by atoms with van der Waals surface area (Å²) in [5, 5.41) is 0. The van der Waals surface area contributed by atoms with Crippen LogP contribution < -0.4 is 9.64 Å². The Kier molecular flexibility index (Phi) is 5.27. The lowest BCUT2D eigenvalue weighted by Crippen LogP contribution is -2.49. The van der Waals surface area contributed by atoms with Gasteiger partial charge in [-0.2, -0.15) is 0 Å². The van der Waals surface area contributed by atoms with Gasteiger partial charge in [-0.1, -0.05) is 35.9 Å². The molecular weight excluding hydrogens is 312 g/mol. The van der Waals surface area contributed by atoms with E-state index in [0.29, 0.717) is 6.42 Å². The second-order valence-electron chi connectivity index (χ2n) is 6.65. The molecule has 1 amide bonds. The number of hydrogen-bond donors (Lipinski definition) is 0.